The summed E-state index contributed by atoms with van der Waals surface area (Å²) >= 11 is 0. The van der Waals surface area contributed by atoms with E-state index < -0.39 is 36.4 Å². The molecule has 8 heteroatoms. The van der Waals surface area contributed by atoms with E-state index in [2.05, 4.69) is 16.0 Å². The highest BCUT2D eigenvalue weighted by atomic mass is 16.4. The Hall–Kier alpha value is -2.90. The lowest BCUT2D eigenvalue weighted by Crippen LogP contribution is -2.52. The smallest absolute Gasteiger partial charge is 0.322 e. The van der Waals surface area contributed by atoms with E-state index in [0.717, 1.165) is 0 Å². The van der Waals surface area contributed by atoms with Gasteiger partial charge in [0, 0.05) is 5.56 Å². The average Bonchev–Trinajstić information content (AvgIpc) is 2.52. The molecule has 8 nitrogen and oxygen atoms in total. The van der Waals surface area contributed by atoms with Crippen molar-refractivity contribution >= 4 is 23.8 Å². The topological polar surface area (TPSA) is 125 Å². The van der Waals surface area contributed by atoms with Crippen molar-refractivity contribution in [2.75, 3.05) is 6.54 Å². The number of carboxylic acid groups (broad SMARTS) is 1. The number of carbonyl (C=O) groups is 4. The number of hydrogen-bond donors (Lipinski definition) is 4. The van der Waals surface area contributed by atoms with E-state index in [1.165, 1.54) is 0 Å². The molecule has 0 heterocycles. The molecular formula is C16H21N3O5. The van der Waals surface area contributed by atoms with Crippen LogP contribution in [0.1, 0.15) is 30.6 Å². The predicted octanol–water partition coefficient (Wildman–Crippen LogP) is 0.742. The zero-order chi connectivity index (χ0) is 18.1. The van der Waals surface area contributed by atoms with E-state index in [-0.39, 0.29) is 5.92 Å². The van der Waals surface area contributed by atoms with Crippen LogP contribution in [0.2, 0.25) is 0 Å². The molecule has 0 aliphatic rings. The van der Waals surface area contributed by atoms with Gasteiger partial charge in [0.2, 0.25) is 5.91 Å². The summed E-state index contributed by atoms with van der Waals surface area (Å²) in [4.78, 5) is 46.3. The quantitative estimate of drug-likeness (QED) is 0.585. The van der Waals surface area contributed by atoms with Gasteiger partial charge in [-0.1, -0.05) is 32.0 Å². The van der Waals surface area contributed by atoms with Crippen LogP contribution in [-0.2, 0) is 9.59 Å². The zero-order valence-electron chi connectivity index (χ0n) is 13.5. The number of aliphatic carboxylic acids is 1. The molecule has 130 valence electrons. The average molecular weight is 335 g/mol. The second-order valence-corrected chi connectivity index (χ2v) is 5.59. The number of imide groups is 1. The van der Waals surface area contributed by atoms with Crippen molar-refractivity contribution in [2.45, 2.75) is 26.3 Å². The first-order chi connectivity index (χ1) is 11.3. The molecule has 1 rings (SSSR count). The van der Waals surface area contributed by atoms with Gasteiger partial charge in [0.05, 0.1) is 0 Å². The van der Waals surface area contributed by atoms with Crippen molar-refractivity contribution in [2.24, 2.45) is 5.92 Å². The van der Waals surface area contributed by atoms with Gasteiger partial charge in [-0.25, -0.2) is 4.79 Å². The van der Waals surface area contributed by atoms with Crippen molar-refractivity contribution in [3.05, 3.63) is 35.9 Å². The molecule has 1 aromatic rings. The summed E-state index contributed by atoms with van der Waals surface area (Å²) in [7, 11) is 0. The Kier molecular flexibility index (Phi) is 7.41. The lowest BCUT2D eigenvalue weighted by molar-refractivity contribution is -0.138. The number of amides is 4. The highest BCUT2D eigenvalue weighted by Gasteiger charge is 2.23. The second kappa shape index (κ2) is 9.29. The number of carboxylic acids is 1. The van der Waals surface area contributed by atoms with Gasteiger partial charge in [0.15, 0.2) is 0 Å². The number of urea groups is 1. The van der Waals surface area contributed by atoms with Crippen molar-refractivity contribution < 1.29 is 24.3 Å². The molecule has 0 saturated carbocycles. The van der Waals surface area contributed by atoms with Crippen molar-refractivity contribution in [3.63, 3.8) is 0 Å². The van der Waals surface area contributed by atoms with Crippen LogP contribution in [-0.4, -0.2) is 41.5 Å². The lowest BCUT2D eigenvalue weighted by atomic mass is 10.0. The van der Waals surface area contributed by atoms with Gasteiger partial charge >= 0.3 is 12.0 Å². The lowest BCUT2D eigenvalue weighted by Gasteiger charge is -2.19. The van der Waals surface area contributed by atoms with Gasteiger partial charge in [0.25, 0.3) is 5.91 Å². The van der Waals surface area contributed by atoms with E-state index in [0.29, 0.717) is 12.0 Å². The fourth-order valence-electron chi connectivity index (χ4n) is 1.95. The monoisotopic (exact) mass is 335 g/mol. The van der Waals surface area contributed by atoms with Gasteiger partial charge in [-0.3, -0.25) is 19.7 Å². The van der Waals surface area contributed by atoms with Crippen LogP contribution in [0.25, 0.3) is 0 Å². The first-order valence-electron chi connectivity index (χ1n) is 7.46. The van der Waals surface area contributed by atoms with Gasteiger partial charge in [-0.05, 0) is 24.5 Å². The Balaban J connectivity index is 2.64. The SMILES string of the molecule is CC(C)C[C@@H](NC(=O)NC(=O)c1ccccc1)C(=O)NCC(=O)O. The molecule has 0 aliphatic carbocycles. The maximum atomic E-state index is 12.0. The molecule has 0 radical (unpaired) electrons. The Morgan fingerprint density at radius 2 is 1.71 bits per heavy atom. The summed E-state index contributed by atoms with van der Waals surface area (Å²) in [6.45, 7) is 3.16. The predicted molar refractivity (Wildman–Crippen MR) is 86.3 cm³/mol. The van der Waals surface area contributed by atoms with Crippen molar-refractivity contribution in [3.8, 4) is 0 Å². The largest absolute Gasteiger partial charge is 0.480 e. The van der Waals surface area contributed by atoms with E-state index in [1.54, 1.807) is 30.3 Å². The normalized spacial score (nSPS) is 11.5. The van der Waals surface area contributed by atoms with Gasteiger partial charge in [-0.2, -0.15) is 0 Å². The zero-order valence-corrected chi connectivity index (χ0v) is 13.5. The Morgan fingerprint density at radius 3 is 2.25 bits per heavy atom. The summed E-state index contributed by atoms with van der Waals surface area (Å²) in [6.07, 6.45) is 0.304. The minimum atomic E-state index is -1.18. The second-order valence-electron chi connectivity index (χ2n) is 5.59. The highest BCUT2D eigenvalue weighted by molar-refractivity contribution is 6.04. The number of carbonyl (C=O) groups excluding carboxylic acids is 3. The summed E-state index contributed by atoms with van der Waals surface area (Å²) in [5.74, 6) is -2.32. The van der Waals surface area contributed by atoms with Crippen LogP contribution in [0.15, 0.2) is 30.3 Å². The van der Waals surface area contributed by atoms with Crippen LogP contribution in [0, 0.1) is 5.92 Å². The molecule has 0 aromatic heterocycles. The molecule has 0 aliphatic heterocycles. The molecule has 1 aromatic carbocycles. The van der Waals surface area contributed by atoms with E-state index in [9.17, 15) is 19.2 Å². The fraction of sp³-hybridized carbons (Fsp3) is 0.375. The molecule has 24 heavy (non-hydrogen) atoms. The van der Waals surface area contributed by atoms with Gasteiger partial charge in [-0.15, -0.1) is 0 Å². The summed E-state index contributed by atoms with van der Waals surface area (Å²) in [6, 6.07) is 6.40. The molecule has 0 bridgehead atoms. The van der Waals surface area contributed by atoms with Crippen molar-refractivity contribution in [1.82, 2.24) is 16.0 Å². The Labute approximate surface area is 139 Å². The molecule has 0 fully saturated rings. The molecule has 0 spiro atoms. The molecule has 1 atom stereocenters. The minimum absolute atomic E-state index is 0.0794. The standard InChI is InChI=1S/C16H21N3O5/c1-10(2)8-12(15(23)17-9-13(20)21)18-16(24)19-14(22)11-6-4-3-5-7-11/h3-7,10,12H,8-9H2,1-2H3,(H,17,23)(H,20,21)(H2,18,19,22,24)/t12-/m1/s1. The van der Waals surface area contributed by atoms with Gasteiger partial charge in [0.1, 0.15) is 12.6 Å². The summed E-state index contributed by atoms with van der Waals surface area (Å²) in [5, 5.41) is 15.3. The summed E-state index contributed by atoms with van der Waals surface area (Å²) < 4.78 is 0. The molecule has 4 N–H and O–H groups in total. The Morgan fingerprint density at radius 1 is 1.08 bits per heavy atom. The Bertz CT molecular complexity index is 601. The number of nitrogens with one attached hydrogen (secondary N) is 3. The number of benzene rings is 1. The van der Waals surface area contributed by atoms with Crippen LogP contribution in [0.3, 0.4) is 0 Å². The van der Waals surface area contributed by atoms with E-state index in [1.807, 2.05) is 13.8 Å². The third-order valence-corrected chi connectivity index (χ3v) is 3.01. The maximum absolute atomic E-state index is 12.0. The fourth-order valence-corrected chi connectivity index (χ4v) is 1.95. The third kappa shape index (κ3) is 6.91. The molecule has 0 saturated heterocycles. The number of rotatable bonds is 7. The van der Waals surface area contributed by atoms with Crippen LogP contribution in [0.4, 0.5) is 4.79 Å². The van der Waals surface area contributed by atoms with Crippen LogP contribution in [0.5, 0.6) is 0 Å². The molecule has 4 amide bonds. The first kappa shape index (κ1) is 19.1. The van der Waals surface area contributed by atoms with Crippen molar-refractivity contribution in [1.29, 1.82) is 0 Å². The number of hydrogen-bond acceptors (Lipinski definition) is 4. The molecular weight excluding hydrogens is 314 g/mol. The minimum Gasteiger partial charge on any atom is -0.480 e. The van der Waals surface area contributed by atoms with Crippen LogP contribution < -0.4 is 16.0 Å². The molecule has 0 unspecified atom stereocenters. The first-order valence-corrected chi connectivity index (χ1v) is 7.46. The van der Waals surface area contributed by atoms with E-state index in [4.69, 9.17) is 5.11 Å². The third-order valence-electron chi connectivity index (χ3n) is 3.01. The highest BCUT2D eigenvalue weighted by Crippen LogP contribution is 2.05. The van der Waals surface area contributed by atoms with Gasteiger partial charge < -0.3 is 15.7 Å². The van der Waals surface area contributed by atoms with Crippen LogP contribution >= 0.6 is 0 Å². The maximum Gasteiger partial charge on any atom is 0.322 e. The van der Waals surface area contributed by atoms with E-state index >= 15 is 0 Å². The summed E-state index contributed by atoms with van der Waals surface area (Å²) in [5.41, 5.74) is 0.309.